The number of thioether (sulfide) groups is 1. The molecule has 0 fully saturated rings. The van der Waals surface area contributed by atoms with Crippen LogP contribution in [0.25, 0.3) is 0 Å². The number of carbonyl (C=O) groups excluding carboxylic acids is 3. The van der Waals surface area contributed by atoms with Crippen molar-refractivity contribution in [1.29, 1.82) is 0 Å². The number of guanidine groups is 1. The van der Waals surface area contributed by atoms with E-state index in [-0.39, 0.29) is 31.8 Å². The number of carboxylic acid groups (broad SMARTS) is 1. The second-order valence-electron chi connectivity index (χ2n) is 8.92. The van der Waals surface area contributed by atoms with Crippen molar-refractivity contribution in [3.63, 3.8) is 0 Å². The lowest BCUT2D eigenvalue weighted by atomic mass is 10.1. The van der Waals surface area contributed by atoms with Gasteiger partial charge in [-0.05, 0) is 50.7 Å². The largest absolute Gasteiger partial charge is 0.480 e. The number of nitrogens with zero attached hydrogens (tertiary/aromatic N) is 2. The highest BCUT2D eigenvalue weighted by atomic mass is 32.2. The molecule has 4 atom stereocenters. The lowest BCUT2D eigenvalue weighted by Gasteiger charge is -2.25. The van der Waals surface area contributed by atoms with Crippen LogP contribution in [0.5, 0.6) is 0 Å². The molecule has 1 rings (SSSR count). The number of H-pyrrole nitrogens is 1. The Balaban J connectivity index is 2.97. The smallest absolute Gasteiger partial charge is 0.326 e. The van der Waals surface area contributed by atoms with E-state index in [0.717, 1.165) is 0 Å². The van der Waals surface area contributed by atoms with Crippen LogP contribution in [0.2, 0.25) is 0 Å². The van der Waals surface area contributed by atoms with E-state index < -0.39 is 47.9 Å². The van der Waals surface area contributed by atoms with Gasteiger partial charge < -0.3 is 49.0 Å². The molecule has 13 N–H and O–H groups in total. The number of aromatic nitrogens is 2. The van der Waals surface area contributed by atoms with E-state index in [1.165, 1.54) is 24.3 Å². The molecule has 220 valence electrons. The summed E-state index contributed by atoms with van der Waals surface area (Å²) in [6.45, 7) is 0.711. The van der Waals surface area contributed by atoms with Crippen LogP contribution < -0.4 is 38.9 Å². The number of nitrogens with one attached hydrogen (secondary N) is 4. The van der Waals surface area contributed by atoms with Crippen molar-refractivity contribution in [2.75, 3.05) is 25.1 Å². The van der Waals surface area contributed by atoms with Crippen molar-refractivity contribution in [3.8, 4) is 0 Å². The molecule has 1 aromatic heterocycles. The Kier molecular flexibility index (Phi) is 16.2. The van der Waals surface area contributed by atoms with Crippen molar-refractivity contribution >= 4 is 41.4 Å². The zero-order valence-electron chi connectivity index (χ0n) is 22.2. The molecular weight excluding hydrogens is 528 g/mol. The van der Waals surface area contributed by atoms with Crippen molar-refractivity contribution in [2.24, 2.45) is 27.9 Å². The maximum absolute atomic E-state index is 13.3. The summed E-state index contributed by atoms with van der Waals surface area (Å²) >= 11 is 1.46. The summed E-state index contributed by atoms with van der Waals surface area (Å²) in [5.74, 6) is -2.59. The van der Waals surface area contributed by atoms with Gasteiger partial charge >= 0.3 is 5.97 Å². The van der Waals surface area contributed by atoms with Crippen LogP contribution in [0, 0.1) is 0 Å². The number of carbonyl (C=O) groups is 4. The van der Waals surface area contributed by atoms with Gasteiger partial charge in [-0.25, -0.2) is 9.78 Å². The molecule has 0 spiro atoms. The fourth-order valence-corrected chi connectivity index (χ4v) is 4.03. The highest BCUT2D eigenvalue weighted by molar-refractivity contribution is 7.98. The number of aromatic amines is 1. The first kappa shape index (κ1) is 33.7. The van der Waals surface area contributed by atoms with Crippen LogP contribution in [-0.2, 0) is 25.6 Å². The molecule has 0 aromatic carbocycles. The molecule has 0 saturated carbocycles. The van der Waals surface area contributed by atoms with E-state index in [0.29, 0.717) is 43.7 Å². The molecular formula is C23H42N10O5S. The number of imidazole rings is 1. The van der Waals surface area contributed by atoms with Crippen LogP contribution in [-0.4, -0.2) is 94.0 Å². The fraction of sp³-hybridized carbons (Fsp3) is 0.652. The van der Waals surface area contributed by atoms with Crippen LogP contribution in [0.4, 0.5) is 0 Å². The van der Waals surface area contributed by atoms with Gasteiger partial charge in [0.1, 0.15) is 18.1 Å². The van der Waals surface area contributed by atoms with Gasteiger partial charge in [-0.1, -0.05) is 6.42 Å². The number of unbranched alkanes of at least 4 members (excludes halogenated alkanes) is 1. The zero-order valence-corrected chi connectivity index (χ0v) is 23.0. The van der Waals surface area contributed by atoms with Crippen molar-refractivity contribution in [1.82, 2.24) is 25.9 Å². The first-order chi connectivity index (χ1) is 18.6. The molecule has 0 radical (unpaired) electrons. The molecule has 4 unspecified atom stereocenters. The minimum Gasteiger partial charge on any atom is -0.480 e. The molecule has 1 heterocycles. The van der Waals surface area contributed by atoms with E-state index in [1.807, 2.05) is 6.26 Å². The molecule has 0 bridgehead atoms. The second kappa shape index (κ2) is 18.8. The lowest BCUT2D eigenvalue weighted by Crippen LogP contribution is -2.57. The van der Waals surface area contributed by atoms with Crippen LogP contribution in [0.15, 0.2) is 17.5 Å². The Labute approximate surface area is 232 Å². The SMILES string of the molecule is CSCCC(NC(=O)C(CCCN=C(N)N)NC(=O)C(N)CCCCN)C(=O)NC(Cc1cnc[nH]1)C(=O)O. The van der Waals surface area contributed by atoms with Gasteiger partial charge in [-0.2, -0.15) is 11.8 Å². The van der Waals surface area contributed by atoms with Crippen LogP contribution in [0.3, 0.4) is 0 Å². The Morgan fingerprint density at radius 1 is 1.00 bits per heavy atom. The summed E-state index contributed by atoms with van der Waals surface area (Å²) < 4.78 is 0. The topological polar surface area (TPSA) is 270 Å². The van der Waals surface area contributed by atoms with E-state index in [1.54, 1.807) is 0 Å². The van der Waals surface area contributed by atoms with Gasteiger partial charge in [0.05, 0.1) is 12.4 Å². The van der Waals surface area contributed by atoms with E-state index in [9.17, 15) is 24.3 Å². The third-order valence-electron chi connectivity index (χ3n) is 5.72. The Bertz CT molecular complexity index is 926. The van der Waals surface area contributed by atoms with Crippen molar-refractivity contribution < 1.29 is 24.3 Å². The minimum absolute atomic E-state index is 0.0181. The zero-order chi connectivity index (χ0) is 29.2. The lowest BCUT2D eigenvalue weighted by molar-refractivity contribution is -0.142. The standard InChI is InChI=1S/C23H42N10O5S/c1-39-10-7-17(21(36)33-18(22(37)38)11-14-12-28-13-30-14)32-20(35)16(6-4-9-29-23(26)27)31-19(34)15(25)5-2-3-8-24/h12-13,15-18H,2-11,24-25H2,1H3,(H,28,30)(H,31,34)(H,32,35)(H,33,36)(H,37,38)(H4,26,27,29). The number of aliphatic imine (C=N–C) groups is 1. The number of rotatable bonds is 20. The second-order valence-corrected chi connectivity index (χ2v) is 9.91. The van der Waals surface area contributed by atoms with Gasteiger partial charge in [-0.3, -0.25) is 19.4 Å². The van der Waals surface area contributed by atoms with Crippen LogP contribution >= 0.6 is 11.8 Å². The first-order valence-corrected chi connectivity index (χ1v) is 14.1. The monoisotopic (exact) mass is 570 g/mol. The van der Waals surface area contributed by atoms with Gasteiger partial charge in [0.2, 0.25) is 17.7 Å². The molecule has 0 saturated heterocycles. The molecule has 15 nitrogen and oxygen atoms in total. The number of aliphatic carboxylic acids is 1. The number of hydrogen-bond donors (Lipinski definition) is 9. The molecule has 0 aliphatic heterocycles. The normalized spacial score (nSPS) is 13.9. The molecule has 16 heteroatoms. The average Bonchev–Trinajstić information content (AvgIpc) is 3.40. The third kappa shape index (κ3) is 13.8. The predicted molar refractivity (Wildman–Crippen MR) is 150 cm³/mol. The maximum Gasteiger partial charge on any atom is 0.326 e. The van der Waals surface area contributed by atoms with Gasteiger partial charge in [-0.15, -0.1) is 0 Å². The molecule has 1 aromatic rings. The summed E-state index contributed by atoms with van der Waals surface area (Å²) in [5.41, 5.74) is 22.7. The van der Waals surface area contributed by atoms with E-state index >= 15 is 0 Å². The van der Waals surface area contributed by atoms with E-state index in [2.05, 4.69) is 30.9 Å². The quantitative estimate of drug-likeness (QED) is 0.0459. The van der Waals surface area contributed by atoms with Gasteiger partial charge in [0.25, 0.3) is 0 Å². The van der Waals surface area contributed by atoms with Crippen molar-refractivity contribution in [2.45, 2.75) is 69.1 Å². The van der Waals surface area contributed by atoms with E-state index in [4.69, 9.17) is 22.9 Å². The summed E-state index contributed by atoms with van der Waals surface area (Å²) in [7, 11) is 0. The fourth-order valence-electron chi connectivity index (χ4n) is 3.56. The third-order valence-corrected chi connectivity index (χ3v) is 6.37. The molecule has 39 heavy (non-hydrogen) atoms. The average molecular weight is 571 g/mol. The highest BCUT2D eigenvalue weighted by Gasteiger charge is 2.30. The summed E-state index contributed by atoms with van der Waals surface area (Å²) in [5, 5.41) is 17.4. The van der Waals surface area contributed by atoms with Gasteiger partial charge in [0.15, 0.2) is 5.96 Å². The molecule has 0 aliphatic carbocycles. The Morgan fingerprint density at radius 2 is 1.64 bits per heavy atom. The summed E-state index contributed by atoms with van der Waals surface area (Å²) in [6.07, 6.45) is 7.25. The molecule has 0 aliphatic rings. The van der Waals surface area contributed by atoms with Crippen LogP contribution in [0.1, 0.15) is 44.2 Å². The number of carboxylic acids is 1. The number of amides is 3. The van der Waals surface area contributed by atoms with Gasteiger partial charge in [0, 0.05) is 24.9 Å². The summed E-state index contributed by atoms with van der Waals surface area (Å²) in [6, 6.07) is -4.13. The van der Waals surface area contributed by atoms with Crippen molar-refractivity contribution in [3.05, 3.63) is 18.2 Å². The highest BCUT2D eigenvalue weighted by Crippen LogP contribution is 2.07. The number of hydrogen-bond acceptors (Lipinski definition) is 9. The maximum atomic E-state index is 13.3. The predicted octanol–water partition coefficient (Wildman–Crippen LogP) is -2.25. The minimum atomic E-state index is -1.24. The Morgan fingerprint density at radius 3 is 2.21 bits per heavy atom. The first-order valence-electron chi connectivity index (χ1n) is 12.7. The molecule has 3 amide bonds. The summed E-state index contributed by atoms with van der Waals surface area (Å²) in [4.78, 5) is 61.3. The Hall–Kier alpha value is -3.37. The number of nitrogens with two attached hydrogens (primary N) is 4.